The Kier molecular flexibility index (Phi) is 5.60. The summed E-state index contributed by atoms with van der Waals surface area (Å²) in [6.07, 6.45) is 5.06. The number of hydrogen-bond donors (Lipinski definition) is 0. The first kappa shape index (κ1) is 12.3. The van der Waals surface area contributed by atoms with E-state index in [2.05, 4.69) is 6.92 Å². The van der Waals surface area contributed by atoms with Gasteiger partial charge >= 0.3 is 0 Å². The number of hydrogen-bond acceptors (Lipinski definition) is 2. The van der Waals surface area contributed by atoms with Crippen LogP contribution in [-0.2, 0) is 9.59 Å². The molecule has 0 aliphatic heterocycles. The molecule has 1 atom stereocenters. The Hall–Kier alpha value is -0.660. The summed E-state index contributed by atoms with van der Waals surface area (Å²) in [6.45, 7) is 5.71. The minimum absolute atomic E-state index is 0.0958. The fraction of sp³-hybridized carbons (Fsp3) is 0.818. The molecule has 1 unspecified atom stereocenters. The molecular formula is C11H20O2. The summed E-state index contributed by atoms with van der Waals surface area (Å²) in [5, 5.41) is 0. The predicted octanol–water partition coefficient (Wildman–Crippen LogP) is 2.75. The molecule has 0 aromatic carbocycles. The number of ketones is 1. The van der Waals surface area contributed by atoms with Crippen LogP contribution < -0.4 is 0 Å². The van der Waals surface area contributed by atoms with Crippen LogP contribution in [-0.4, -0.2) is 12.1 Å². The maximum Gasteiger partial charge on any atom is 0.145 e. The summed E-state index contributed by atoms with van der Waals surface area (Å²) < 4.78 is 0. The van der Waals surface area contributed by atoms with E-state index in [1.807, 2.05) is 6.92 Å². The van der Waals surface area contributed by atoms with E-state index >= 15 is 0 Å². The topological polar surface area (TPSA) is 34.1 Å². The normalized spacial score (nSPS) is 15.0. The number of unbranched alkanes of at least 4 members (excludes halogenated alkanes) is 2. The van der Waals surface area contributed by atoms with Crippen LogP contribution in [0.15, 0.2) is 0 Å². The minimum Gasteiger partial charge on any atom is -0.302 e. The Labute approximate surface area is 80.7 Å². The fourth-order valence-corrected chi connectivity index (χ4v) is 1.17. The fourth-order valence-electron chi connectivity index (χ4n) is 1.17. The van der Waals surface area contributed by atoms with Crippen LogP contribution in [0.1, 0.15) is 52.9 Å². The number of Topliss-reactive ketones (excluding diaryl/α,β-unsaturated/α-hetero) is 1. The average Bonchev–Trinajstić information content (AvgIpc) is 2.17. The van der Waals surface area contributed by atoms with Gasteiger partial charge in [0.15, 0.2) is 0 Å². The Balaban J connectivity index is 4.00. The molecule has 0 aliphatic rings. The van der Waals surface area contributed by atoms with Crippen molar-refractivity contribution in [3.05, 3.63) is 0 Å². The number of rotatable bonds is 7. The van der Waals surface area contributed by atoms with E-state index in [0.29, 0.717) is 12.8 Å². The van der Waals surface area contributed by atoms with Crippen molar-refractivity contribution in [3.63, 3.8) is 0 Å². The quantitative estimate of drug-likeness (QED) is 0.346. The maximum atomic E-state index is 11.6. The molecule has 0 aromatic heterocycles. The molecule has 0 aromatic rings. The molecule has 0 amide bonds. The third-order valence-corrected chi connectivity index (χ3v) is 2.64. The molecular weight excluding hydrogens is 164 g/mol. The van der Waals surface area contributed by atoms with Crippen LogP contribution in [0, 0.1) is 5.41 Å². The summed E-state index contributed by atoms with van der Waals surface area (Å²) in [7, 11) is 0. The standard InChI is InChI=1S/C11H20O2/c1-4-6-7-8-10(13)11(3,5-2)9-12/h9H,4-8H2,1-3H3. The van der Waals surface area contributed by atoms with Gasteiger partial charge in [-0.25, -0.2) is 0 Å². The second kappa shape index (κ2) is 5.90. The zero-order valence-electron chi connectivity index (χ0n) is 8.93. The molecule has 2 heteroatoms. The minimum atomic E-state index is -0.728. The molecule has 76 valence electrons. The van der Waals surface area contributed by atoms with Crippen molar-refractivity contribution >= 4 is 12.1 Å². The summed E-state index contributed by atoms with van der Waals surface area (Å²) in [5.74, 6) is 0.0958. The molecule has 0 radical (unpaired) electrons. The second-order valence-corrected chi connectivity index (χ2v) is 3.77. The Morgan fingerprint density at radius 1 is 1.31 bits per heavy atom. The van der Waals surface area contributed by atoms with E-state index in [-0.39, 0.29) is 5.78 Å². The molecule has 0 aliphatic carbocycles. The lowest BCUT2D eigenvalue weighted by molar-refractivity contribution is -0.133. The van der Waals surface area contributed by atoms with Gasteiger partial charge < -0.3 is 4.79 Å². The van der Waals surface area contributed by atoms with Crippen molar-refractivity contribution in [2.24, 2.45) is 5.41 Å². The van der Waals surface area contributed by atoms with Gasteiger partial charge in [0.2, 0.25) is 0 Å². The van der Waals surface area contributed by atoms with E-state index in [0.717, 1.165) is 25.5 Å². The lowest BCUT2D eigenvalue weighted by Crippen LogP contribution is -2.28. The molecule has 0 heterocycles. The first-order valence-electron chi connectivity index (χ1n) is 5.10. The monoisotopic (exact) mass is 184 g/mol. The highest BCUT2D eigenvalue weighted by atomic mass is 16.1. The van der Waals surface area contributed by atoms with Crippen molar-refractivity contribution in [1.29, 1.82) is 0 Å². The summed E-state index contributed by atoms with van der Waals surface area (Å²) >= 11 is 0. The number of aldehydes is 1. The van der Waals surface area contributed by atoms with Gasteiger partial charge in [0, 0.05) is 6.42 Å². The van der Waals surface area contributed by atoms with Crippen molar-refractivity contribution in [2.45, 2.75) is 52.9 Å². The van der Waals surface area contributed by atoms with Gasteiger partial charge in [0.25, 0.3) is 0 Å². The highest BCUT2D eigenvalue weighted by molar-refractivity contribution is 5.97. The molecule has 0 fully saturated rings. The molecule has 13 heavy (non-hydrogen) atoms. The smallest absolute Gasteiger partial charge is 0.145 e. The van der Waals surface area contributed by atoms with E-state index in [1.165, 1.54) is 0 Å². The van der Waals surface area contributed by atoms with Crippen LogP contribution >= 0.6 is 0 Å². The average molecular weight is 184 g/mol. The van der Waals surface area contributed by atoms with Gasteiger partial charge in [0.1, 0.15) is 12.1 Å². The molecule has 0 spiro atoms. The van der Waals surface area contributed by atoms with E-state index in [9.17, 15) is 9.59 Å². The van der Waals surface area contributed by atoms with E-state index in [1.54, 1.807) is 6.92 Å². The first-order valence-corrected chi connectivity index (χ1v) is 5.10. The second-order valence-electron chi connectivity index (χ2n) is 3.77. The molecule has 0 saturated heterocycles. The Bertz CT molecular complexity index is 175. The summed E-state index contributed by atoms with van der Waals surface area (Å²) in [4.78, 5) is 22.3. The largest absolute Gasteiger partial charge is 0.302 e. The van der Waals surface area contributed by atoms with Gasteiger partial charge in [-0.2, -0.15) is 0 Å². The van der Waals surface area contributed by atoms with Crippen LogP contribution in [0.5, 0.6) is 0 Å². The molecule has 0 rings (SSSR count). The van der Waals surface area contributed by atoms with E-state index < -0.39 is 5.41 Å². The predicted molar refractivity (Wildman–Crippen MR) is 53.6 cm³/mol. The third-order valence-electron chi connectivity index (χ3n) is 2.64. The molecule has 2 nitrogen and oxygen atoms in total. The Morgan fingerprint density at radius 3 is 2.31 bits per heavy atom. The lowest BCUT2D eigenvalue weighted by Gasteiger charge is -2.18. The van der Waals surface area contributed by atoms with Crippen molar-refractivity contribution in [3.8, 4) is 0 Å². The maximum absolute atomic E-state index is 11.6. The Morgan fingerprint density at radius 2 is 1.92 bits per heavy atom. The van der Waals surface area contributed by atoms with Gasteiger partial charge in [-0.15, -0.1) is 0 Å². The highest BCUT2D eigenvalue weighted by Crippen LogP contribution is 2.22. The number of carbonyl (C=O) groups excluding carboxylic acids is 2. The van der Waals surface area contributed by atoms with Crippen LogP contribution in [0.4, 0.5) is 0 Å². The molecule has 0 bridgehead atoms. The third kappa shape index (κ3) is 3.71. The van der Waals surface area contributed by atoms with Crippen molar-refractivity contribution in [1.82, 2.24) is 0 Å². The highest BCUT2D eigenvalue weighted by Gasteiger charge is 2.29. The lowest BCUT2D eigenvalue weighted by atomic mass is 9.82. The first-order chi connectivity index (χ1) is 6.10. The van der Waals surface area contributed by atoms with Crippen molar-refractivity contribution < 1.29 is 9.59 Å². The molecule has 0 N–H and O–H groups in total. The van der Waals surface area contributed by atoms with Crippen molar-refractivity contribution in [2.75, 3.05) is 0 Å². The van der Waals surface area contributed by atoms with Crippen LogP contribution in [0.2, 0.25) is 0 Å². The summed E-state index contributed by atoms with van der Waals surface area (Å²) in [5.41, 5.74) is -0.728. The van der Waals surface area contributed by atoms with Gasteiger partial charge in [-0.05, 0) is 19.8 Å². The zero-order valence-corrected chi connectivity index (χ0v) is 8.93. The number of carbonyl (C=O) groups is 2. The SMILES string of the molecule is CCCCCC(=O)C(C)(C=O)CC. The van der Waals surface area contributed by atoms with Gasteiger partial charge in [-0.3, -0.25) is 4.79 Å². The van der Waals surface area contributed by atoms with Crippen LogP contribution in [0.3, 0.4) is 0 Å². The van der Waals surface area contributed by atoms with Gasteiger partial charge in [0.05, 0.1) is 5.41 Å². The van der Waals surface area contributed by atoms with E-state index in [4.69, 9.17) is 0 Å². The molecule has 0 saturated carbocycles. The zero-order chi connectivity index (χ0) is 10.3. The van der Waals surface area contributed by atoms with Gasteiger partial charge in [-0.1, -0.05) is 26.7 Å². The summed E-state index contributed by atoms with van der Waals surface area (Å²) in [6, 6.07) is 0. The van der Waals surface area contributed by atoms with Crippen LogP contribution in [0.25, 0.3) is 0 Å².